The Balaban J connectivity index is 1.39. The minimum Gasteiger partial charge on any atom is -0.349 e. The van der Waals surface area contributed by atoms with Crippen molar-refractivity contribution in [2.45, 2.75) is 57.2 Å². The van der Waals surface area contributed by atoms with Crippen LogP contribution in [0, 0.1) is 5.82 Å². The fraction of sp³-hybridized carbons (Fsp3) is 0.455. The van der Waals surface area contributed by atoms with Crippen molar-refractivity contribution >= 4 is 5.91 Å². The number of hydrogen-bond donors (Lipinski definition) is 1. The third-order valence-electron chi connectivity index (χ3n) is 5.85. The maximum Gasteiger partial charge on any atom is 0.253 e. The highest BCUT2D eigenvalue weighted by Gasteiger charge is 2.40. The first-order valence-corrected chi connectivity index (χ1v) is 9.92. The van der Waals surface area contributed by atoms with E-state index in [1.54, 1.807) is 24.4 Å². The van der Waals surface area contributed by atoms with Crippen LogP contribution in [0.4, 0.5) is 4.39 Å². The van der Waals surface area contributed by atoms with Gasteiger partial charge in [-0.1, -0.05) is 19.1 Å². The molecule has 5 heteroatoms. The number of rotatable bonds is 5. The van der Waals surface area contributed by atoms with Crippen LogP contribution in [0.3, 0.4) is 0 Å². The number of hydrogen-bond acceptors (Lipinski definition) is 3. The van der Waals surface area contributed by atoms with Gasteiger partial charge in [0.15, 0.2) is 0 Å². The summed E-state index contributed by atoms with van der Waals surface area (Å²) in [5.74, 6) is -0.359. The number of fused-ring (bicyclic) bond motifs is 2. The van der Waals surface area contributed by atoms with Gasteiger partial charge in [-0.15, -0.1) is 0 Å². The minimum atomic E-state index is -0.292. The van der Waals surface area contributed by atoms with Crippen molar-refractivity contribution < 1.29 is 9.18 Å². The van der Waals surface area contributed by atoms with Crippen LogP contribution < -0.4 is 5.32 Å². The molecule has 2 aliphatic rings. The third-order valence-corrected chi connectivity index (χ3v) is 5.85. The van der Waals surface area contributed by atoms with Crippen molar-refractivity contribution in [2.24, 2.45) is 0 Å². The fourth-order valence-corrected chi connectivity index (χ4v) is 4.63. The number of carbonyl (C=O) groups excluding carboxylic acids is 1. The summed E-state index contributed by atoms with van der Waals surface area (Å²) < 4.78 is 13.4. The molecule has 1 N–H and O–H groups in total. The number of amides is 1. The molecular weight excluding hydrogens is 341 g/mol. The molecule has 27 heavy (non-hydrogen) atoms. The van der Waals surface area contributed by atoms with Gasteiger partial charge in [-0.2, -0.15) is 0 Å². The molecule has 2 aliphatic heterocycles. The Labute approximate surface area is 159 Å². The first kappa shape index (κ1) is 18.1. The molecule has 3 atom stereocenters. The van der Waals surface area contributed by atoms with Gasteiger partial charge in [0.1, 0.15) is 5.82 Å². The van der Waals surface area contributed by atoms with Gasteiger partial charge in [0, 0.05) is 29.9 Å². The van der Waals surface area contributed by atoms with Crippen molar-refractivity contribution in [2.75, 3.05) is 6.54 Å². The highest BCUT2D eigenvalue weighted by molar-refractivity contribution is 5.94. The van der Waals surface area contributed by atoms with Gasteiger partial charge in [0.25, 0.3) is 5.91 Å². The maximum absolute atomic E-state index is 13.4. The van der Waals surface area contributed by atoms with Gasteiger partial charge in [0.2, 0.25) is 0 Å². The summed E-state index contributed by atoms with van der Waals surface area (Å²) in [5, 5.41) is 3.20. The molecule has 2 fully saturated rings. The van der Waals surface area contributed by atoms with E-state index in [9.17, 15) is 9.18 Å². The number of piperidine rings is 1. The highest BCUT2D eigenvalue weighted by Crippen LogP contribution is 2.35. The Kier molecular flexibility index (Phi) is 5.21. The van der Waals surface area contributed by atoms with Crippen LogP contribution in [0.25, 0.3) is 11.3 Å². The van der Waals surface area contributed by atoms with Gasteiger partial charge in [-0.3, -0.25) is 14.7 Å². The van der Waals surface area contributed by atoms with Crippen LogP contribution in [0.15, 0.2) is 42.6 Å². The lowest BCUT2D eigenvalue weighted by atomic mass is 9.96. The molecule has 2 aromatic rings. The Hall–Kier alpha value is -2.27. The second-order valence-corrected chi connectivity index (χ2v) is 7.71. The van der Waals surface area contributed by atoms with Gasteiger partial charge in [0.05, 0.1) is 11.3 Å². The van der Waals surface area contributed by atoms with E-state index in [1.165, 1.54) is 37.9 Å². The molecule has 0 aliphatic carbocycles. The van der Waals surface area contributed by atoms with Crippen LogP contribution >= 0.6 is 0 Å². The number of nitrogens with one attached hydrogen (secondary N) is 1. The number of benzene rings is 1. The molecule has 4 nitrogen and oxygen atoms in total. The molecule has 0 saturated carbocycles. The van der Waals surface area contributed by atoms with Crippen LogP contribution in [-0.4, -0.2) is 40.5 Å². The zero-order valence-corrected chi connectivity index (χ0v) is 15.7. The Morgan fingerprint density at radius 1 is 1.22 bits per heavy atom. The predicted octanol–water partition coefficient (Wildman–Crippen LogP) is 4.02. The van der Waals surface area contributed by atoms with E-state index < -0.39 is 0 Å². The zero-order valence-electron chi connectivity index (χ0n) is 15.7. The second kappa shape index (κ2) is 7.77. The molecule has 2 bridgehead atoms. The predicted molar refractivity (Wildman–Crippen MR) is 104 cm³/mol. The van der Waals surface area contributed by atoms with E-state index in [0.717, 1.165) is 12.8 Å². The van der Waals surface area contributed by atoms with Crippen molar-refractivity contribution in [3.05, 3.63) is 54.0 Å². The molecular formula is C22H26FN3O. The van der Waals surface area contributed by atoms with Crippen molar-refractivity contribution in [3.63, 3.8) is 0 Å². The van der Waals surface area contributed by atoms with Gasteiger partial charge < -0.3 is 5.32 Å². The quantitative estimate of drug-likeness (QED) is 0.868. The summed E-state index contributed by atoms with van der Waals surface area (Å²) in [7, 11) is 0. The number of aromatic nitrogens is 1. The number of halogens is 1. The molecule has 1 aromatic carbocycles. The normalized spacial score (nSPS) is 24.7. The number of pyridine rings is 1. The third kappa shape index (κ3) is 3.88. The Bertz CT molecular complexity index is 793. The summed E-state index contributed by atoms with van der Waals surface area (Å²) in [6.45, 7) is 3.40. The lowest BCUT2D eigenvalue weighted by Gasteiger charge is -2.39. The first-order chi connectivity index (χ1) is 13.1. The van der Waals surface area contributed by atoms with Crippen LogP contribution in [-0.2, 0) is 0 Å². The van der Waals surface area contributed by atoms with E-state index in [0.29, 0.717) is 28.9 Å². The minimum absolute atomic E-state index is 0.0679. The van der Waals surface area contributed by atoms with Gasteiger partial charge in [-0.05, 0) is 62.9 Å². The molecule has 2 saturated heterocycles. The average Bonchev–Trinajstić information content (AvgIpc) is 2.91. The number of nitrogens with zero attached hydrogens (tertiary/aromatic N) is 2. The summed E-state index contributed by atoms with van der Waals surface area (Å²) in [5.41, 5.74) is 1.93. The summed E-state index contributed by atoms with van der Waals surface area (Å²) in [6.07, 6.45) is 7.35. The largest absolute Gasteiger partial charge is 0.349 e. The SMILES string of the molecule is CCCN1[C@@H]2CC[C@H]1CC(NC(=O)c1ccc(-c3cccc(F)c3)nc1)C2. The Morgan fingerprint density at radius 3 is 2.63 bits per heavy atom. The van der Waals surface area contributed by atoms with Crippen molar-refractivity contribution in [1.29, 1.82) is 0 Å². The van der Waals surface area contributed by atoms with E-state index in [1.807, 2.05) is 6.07 Å². The molecule has 142 valence electrons. The maximum atomic E-state index is 13.4. The Morgan fingerprint density at radius 2 is 2.00 bits per heavy atom. The highest BCUT2D eigenvalue weighted by atomic mass is 19.1. The molecule has 1 unspecified atom stereocenters. The summed E-state index contributed by atoms with van der Waals surface area (Å²) in [6, 6.07) is 11.3. The van der Waals surface area contributed by atoms with E-state index in [4.69, 9.17) is 0 Å². The molecule has 3 heterocycles. The molecule has 0 spiro atoms. The monoisotopic (exact) mass is 367 g/mol. The topological polar surface area (TPSA) is 45.2 Å². The average molecular weight is 367 g/mol. The van der Waals surface area contributed by atoms with Gasteiger partial charge in [-0.25, -0.2) is 4.39 Å². The van der Waals surface area contributed by atoms with E-state index >= 15 is 0 Å². The van der Waals surface area contributed by atoms with Crippen molar-refractivity contribution in [3.8, 4) is 11.3 Å². The van der Waals surface area contributed by atoms with E-state index in [2.05, 4.69) is 22.1 Å². The van der Waals surface area contributed by atoms with Crippen LogP contribution in [0.5, 0.6) is 0 Å². The fourth-order valence-electron chi connectivity index (χ4n) is 4.63. The second-order valence-electron chi connectivity index (χ2n) is 7.71. The molecule has 1 aromatic heterocycles. The molecule has 4 rings (SSSR count). The molecule has 0 radical (unpaired) electrons. The summed E-state index contributed by atoms with van der Waals surface area (Å²) >= 11 is 0. The lowest BCUT2D eigenvalue weighted by Crippen LogP contribution is -2.50. The number of carbonyl (C=O) groups is 1. The van der Waals surface area contributed by atoms with Gasteiger partial charge >= 0.3 is 0 Å². The lowest BCUT2D eigenvalue weighted by molar-refractivity contribution is 0.0845. The van der Waals surface area contributed by atoms with Crippen LogP contribution in [0.1, 0.15) is 49.4 Å². The zero-order chi connectivity index (χ0) is 18.8. The first-order valence-electron chi connectivity index (χ1n) is 9.92. The smallest absolute Gasteiger partial charge is 0.253 e. The molecule has 1 amide bonds. The van der Waals surface area contributed by atoms with Crippen molar-refractivity contribution in [1.82, 2.24) is 15.2 Å². The summed E-state index contributed by atoms with van der Waals surface area (Å²) in [4.78, 5) is 19.6. The van der Waals surface area contributed by atoms with E-state index in [-0.39, 0.29) is 17.8 Å². The standard InChI is InChI=1S/C22H26FN3O/c1-2-10-26-19-7-8-20(26)13-18(12-19)25-22(27)16-6-9-21(24-14-16)15-4-3-5-17(23)11-15/h3-6,9,11,14,18-20H,2,7-8,10,12-13H2,1H3,(H,25,27)/t18?,19-,20+. The van der Waals surface area contributed by atoms with Crippen LogP contribution in [0.2, 0.25) is 0 Å².